The van der Waals surface area contributed by atoms with Crippen LogP contribution < -0.4 is 11.2 Å². The van der Waals surface area contributed by atoms with E-state index in [1.54, 1.807) is 7.05 Å². The van der Waals surface area contributed by atoms with Gasteiger partial charge in [0.05, 0.1) is 6.54 Å². The molecular formula is C19H21N5O2. The maximum atomic E-state index is 12.6. The molecule has 0 N–H and O–H groups in total. The van der Waals surface area contributed by atoms with Crippen LogP contribution in [0.3, 0.4) is 0 Å². The Morgan fingerprint density at radius 1 is 1.08 bits per heavy atom. The maximum Gasteiger partial charge on any atom is 0.332 e. The molecule has 0 radical (unpaired) electrons. The number of hydrogen-bond donors (Lipinski definition) is 0. The summed E-state index contributed by atoms with van der Waals surface area (Å²) in [5, 5.41) is 0. The van der Waals surface area contributed by atoms with Gasteiger partial charge in [-0.15, -0.1) is 0 Å². The van der Waals surface area contributed by atoms with Crippen molar-refractivity contribution in [2.45, 2.75) is 32.0 Å². The summed E-state index contributed by atoms with van der Waals surface area (Å²) in [6, 6.07) is 9.06. The largest absolute Gasteiger partial charge is 0.332 e. The van der Waals surface area contributed by atoms with Crippen molar-refractivity contribution in [3.63, 3.8) is 0 Å². The zero-order valence-electron chi connectivity index (χ0n) is 15.0. The van der Waals surface area contributed by atoms with Gasteiger partial charge in [0.2, 0.25) is 0 Å². The van der Waals surface area contributed by atoms with Crippen molar-refractivity contribution in [2.75, 3.05) is 6.54 Å². The molecule has 1 aliphatic heterocycles. The van der Waals surface area contributed by atoms with Crippen LogP contribution in [0.15, 0.2) is 33.9 Å². The highest BCUT2D eigenvalue weighted by Gasteiger charge is 2.32. The molecule has 1 aromatic carbocycles. The summed E-state index contributed by atoms with van der Waals surface area (Å²) in [4.78, 5) is 31.9. The number of fused-ring (bicyclic) bond motifs is 4. The summed E-state index contributed by atoms with van der Waals surface area (Å²) in [7, 11) is 3.20. The highest BCUT2D eigenvalue weighted by Crippen LogP contribution is 2.37. The van der Waals surface area contributed by atoms with Gasteiger partial charge in [-0.2, -0.15) is 0 Å². The van der Waals surface area contributed by atoms with E-state index >= 15 is 0 Å². The van der Waals surface area contributed by atoms with Crippen molar-refractivity contribution in [1.82, 2.24) is 23.6 Å². The molecule has 0 fully saturated rings. The third kappa shape index (κ3) is 2.00. The molecule has 7 nitrogen and oxygen atoms in total. The van der Waals surface area contributed by atoms with E-state index in [1.807, 2.05) is 4.57 Å². The minimum Gasteiger partial charge on any atom is -0.320 e. The van der Waals surface area contributed by atoms with E-state index in [1.165, 1.54) is 22.7 Å². The number of benzene rings is 1. The molecule has 1 aliphatic carbocycles. The van der Waals surface area contributed by atoms with Gasteiger partial charge in [0.1, 0.15) is 5.82 Å². The lowest BCUT2D eigenvalue weighted by atomic mass is 10.1. The van der Waals surface area contributed by atoms with Gasteiger partial charge in [-0.3, -0.25) is 18.8 Å². The van der Waals surface area contributed by atoms with Gasteiger partial charge < -0.3 is 4.57 Å². The molecule has 1 atom stereocenters. The second-order valence-electron chi connectivity index (χ2n) is 7.28. The van der Waals surface area contributed by atoms with Crippen LogP contribution in [0.25, 0.3) is 11.2 Å². The Morgan fingerprint density at radius 3 is 2.73 bits per heavy atom. The minimum atomic E-state index is -0.334. The highest BCUT2D eigenvalue weighted by molar-refractivity contribution is 5.71. The van der Waals surface area contributed by atoms with E-state index < -0.39 is 0 Å². The van der Waals surface area contributed by atoms with Gasteiger partial charge in [-0.1, -0.05) is 24.3 Å². The molecule has 0 saturated carbocycles. The van der Waals surface area contributed by atoms with E-state index in [0.717, 1.165) is 36.3 Å². The molecule has 134 valence electrons. The fraction of sp³-hybridized carbons (Fsp3) is 0.421. The average molecular weight is 351 g/mol. The van der Waals surface area contributed by atoms with Crippen molar-refractivity contribution >= 4 is 11.2 Å². The topological polar surface area (TPSA) is 65.1 Å². The van der Waals surface area contributed by atoms with E-state index in [0.29, 0.717) is 23.8 Å². The molecule has 0 bridgehead atoms. The van der Waals surface area contributed by atoms with Crippen LogP contribution >= 0.6 is 0 Å². The zero-order valence-corrected chi connectivity index (χ0v) is 15.0. The van der Waals surface area contributed by atoms with Crippen LogP contribution in [-0.4, -0.2) is 30.1 Å². The van der Waals surface area contributed by atoms with Crippen LogP contribution in [0.5, 0.6) is 0 Å². The summed E-state index contributed by atoms with van der Waals surface area (Å²) in [6.45, 7) is 2.30. The van der Waals surface area contributed by atoms with E-state index in [2.05, 4.69) is 34.1 Å². The lowest BCUT2D eigenvalue weighted by Crippen LogP contribution is -2.39. The first kappa shape index (κ1) is 15.6. The van der Waals surface area contributed by atoms with Gasteiger partial charge >= 0.3 is 5.69 Å². The summed E-state index contributed by atoms with van der Waals surface area (Å²) >= 11 is 0. The molecular weight excluding hydrogens is 330 g/mol. The summed E-state index contributed by atoms with van der Waals surface area (Å²) in [6.07, 6.45) is 2.24. The van der Waals surface area contributed by atoms with Crippen molar-refractivity contribution < 1.29 is 0 Å². The minimum absolute atomic E-state index is 0.262. The standard InChI is InChI=1S/C19H21N5O2/c1-21-17-16(18(25)22(2)19(21)26)24-10-9-23(11-15(24)20-17)14-8-7-12-5-3-4-6-13(12)14/h3-6,14H,7-11H2,1-2H3. The molecule has 0 saturated heterocycles. The van der Waals surface area contributed by atoms with E-state index in [9.17, 15) is 9.59 Å². The maximum absolute atomic E-state index is 12.6. The summed E-state index contributed by atoms with van der Waals surface area (Å²) in [5.41, 5.74) is 3.28. The number of aryl methyl sites for hydroxylation is 2. The van der Waals surface area contributed by atoms with E-state index in [4.69, 9.17) is 0 Å². The molecule has 0 amide bonds. The molecule has 26 heavy (non-hydrogen) atoms. The molecule has 3 aromatic rings. The van der Waals surface area contributed by atoms with Gasteiger partial charge in [-0.05, 0) is 24.0 Å². The van der Waals surface area contributed by atoms with Gasteiger partial charge in [0.15, 0.2) is 11.2 Å². The normalized spacial score (nSPS) is 19.7. The highest BCUT2D eigenvalue weighted by atomic mass is 16.2. The lowest BCUT2D eigenvalue weighted by Gasteiger charge is -2.33. The van der Waals surface area contributed by atoms with Crippen molar-refractivity contribution in [3.8, 4) is 0 Å². The molecule has 7 heteroatoms. The van der Waals surface area contributed by atoms with Crippen LogP contribution in [0.2, 0.25) is 0 Å². The van der Waals surface area contributed by atoms with E-state index in [-0.39, 0.29) is 11.2 Å². The number of aromatic nitrogens is 4. The fourth-order valence-electron chi connectivity index (χ4n) is 4.52. The van der Waals surface area contributed by atoms with Crippen LogP contribution in [0, 0.1) is 0 Å². The van der Waals surface area contributed by atoms with Crippen LogP contribution in [0.1, 0.15) is 29.4 Å². The smallest absolute Gasteiger partial charge is 0.320 e. The second kappa shape index (κ2) is 5.41. The number of rotatable bonds is 1. The first-order chi connectivity index (χ1) is 12.6. The van der Waals surface area contributed by atoms with Gasteiger partial charge in [-0.25, -0.2) is 9.78 Å². The quantitative estimate of drug-likeness (QED) is 0.654. The zero-order chi connectivity index (χ0) is 18.0. The number of hydrogen-bond acceptors (Lipinski definition) is 4. The summed E-state index contributed by atoms with van der Waals surface area (Å²) < 4.78 is 4.63. The van der Waals surface area contributed by atoms with Crippen LogP contribution in [-0.2, 0) is 33.6 Å². The van der Waals surface area contributed by atoms with Crippen molar-refractivity contribution in [2.24, 2.45) is 14.1 Å². The SMILES string of the molecule is Cn1c(=O)c2c(nc3n2CCN(C2CCc4ccccc42)C3)n(C)c1=O. The van der Waals surface area contributed by atoms with Gasteiger partial charge in [0.25, 0.3) is 5.56 Å². The predicted molar refractivity (Wildman–Crippen MR) is 98.1 cm³/mol. The molecule has 2 aromatic heterocycles. The molecule has 1 unspecified atom stereocenters. The lowest BCUT2D eigenvalue weighted by molar-refractivity contribution is 0.153. The molecule has 3 heterocycles. The molecule has 0 spiro atoms. The Hall–Kier alpha value is -2.67. The second-order valence-corrected chi connectivity index (χ2v) is 7.28. The Bertz CT molecular complexity index is 1150. The Balaban J connectivity index is 1.59. The first-order valence-corrected chi connectivity index (χ1v) is 9.03. The predicted octanol–water partition coefficient (Wildman–Crippen LogP) is 0.937. The monoisotopic (exact) mass is 351 g/mol. The molecule has 2 aliphatic rings. The average Bonchev–Trinajstić information content (AvgIpc) is 3.25. The van der Waals surface area contributed by atoms with Crippen molar-refractivity contribution in [3.05, 3.63) is 62.1 Å². The number of nitrogens with zero attached hydrogens (tertiary/aromatic N) is 5. The fourth-order valence-corrected chi connectivity index (χ4v) is 4.52. The molecule has 5 rings (SSSR count). The Labute approximate surface area is 150 Å². The number of imidazole rings is 1. The first-order valence-electron chi connectivity index (χ1n) is 9.03. The van der Waals surface area contributed by atoms with Gasteiger partial charge in [0, 0.05) is 33.2 Å². The third-order valence-electron chi connectivity index (χ3n) is 5.92. The Morgan fingerprint density at radius 2 is 1.88 bits per heavy atom. The Kier molecular flexibility index (Phi) is 3.24. The summed E-state index contributed by atoms with van der Waals surface area (Å²) in [5.74, 6) is 0.869. The third-order valence-corrected chi connectivity index (χ3v) is 5.92. The van der Waals surface area contributed by atoms with Crippen molar-refractivity contribution in [1.29, 1.82) is 0 Å². The van der Waals surface area contributed by atoms with Crippen LogP contribution in [0.4, 0.5) is 0 Å².